The molecule has 9 nitrogen and oxygen atoms in total. The number of amides is 2. The molecule has 0 radical (unpaired) electrons. The van der Waals surface area contributed by atoms with E-state index in [1.807, 2.05) is 19.9 Å². The molecule has 0 spiro atoms. The number of aliphatic hydroxyl groups excluding tert-OH is 1. The van der Waals surface area contributed by atoms with E-state index in [0.29, 0.717) is 23.4 Å². The molecule has 0 aromatic heterocycles. The summed E-state index contributed by atoms with van der Waals surface area (Å²) in [5.41, 5.74) is 1.03. The van der Waals surface area contributed by atoms with Crippen LogP contribution in [-0.4, -0.2) is 60.5 Å². The Morgan fingerprint density at radius 1 is 1.22 bits per heavy atom. The van der Waals surface area contributed by atoms with Gasteiger partial charge < -0.3 is 29.7 Å². The number of carbonyl (C=O) groups excluding carboxylic acids is 2. The molecule has 37 heavy (non-hydrogen) atoms. The minimum atomic E-state index is -1.71. The number of allylic oxidation sites excluding steroid dienone is 3. The fraction of sp³-hybridized carbons (Fsp3) is 0.481. The number of fused-ring (bicyclic) bond motifs is 4. The fourth-order valence-electron chi connectivity index (χ4n) is 4.53. The van der Waals surface area contributed by atoms with Crippen LogP contribution in [0.2, 0.25) is 5.02 Å². The minimum Gasteiger partial charge on any atom is -0.495 e. The predicted molar refractivity (Wildman–Crippen MR) is 141 cm³/mol. The Balaban J connectivity index is 2.04. The lowest BCUT2D eigenvalue weighted by Gasteiger charge is -2.41. The first-order valence-electron chi connectivity index (χ1n) is 12.1. The Labute approximate surface area is 222 Å². The number of methoxy groups -OCH3 is 2. The molecule has 1 aromatic carbocycles. The number of anilines is 1. The van der Waals surface area contributed by atoms with Crippen LogP contribution in [-0.2, 0) is 20.7 Å². The van der Waals surface area contributed by atoms with Gasteiger partial charge in [0.1, 0.15) is 23.0 Å². The molecule has 4 N–H and O–H groups in total. The van der Waals surface area contributed by atoms with Crippen LogP contribution in [0.4, 0.5) is 10.5 Å². The summed E-state index contributed by atoms with van der Waals surface area (Å²) < 4.78 is 16.3. The Morgan fingerprint density at radius 3 is 2.62 bits per heavy atom. The zero-order chi connectivity index (χ0) is 27.3. The van der Waals surface area contributed by atoms with Crippen LogP contribution in [0, 0.1) is 5.92 Å². The van der Waals surface area contributed by atoms with E-state index in [2.05, 4.69) is 10.6 Å². The molecule has 2 aliphatic heterocycles. The van der Waals surface area contributed by atoms with Gasteiger partial charge in [-0.2, -0.15) is 0 Å². The van der Waals surface area contributed by atoms with E-state index in [1.54, 1.807) is 37.3 Å². The molecule has 1 fully saturated rings. The van der Waals surface area contributed by atoms with Gasteiger partial charge in [0.05, 0.1) is 25.3 Å². The maximum atomic E-state index is 12.8. The average molecular weight is 535 g/mol. The van der Waals surface area contributed by atoms with Crippen LogP contribution >= 0.6 is 11.6 Å². The number of hydrogen-bond acceptors (Lipinski definition) is 7. The standard InChI is InChI=1S/C27H35ClN2O7/c1-15-7-6-8-23(36-5)27(34)14-22(37-26(33)30-27)17(3)10-16(2)20(31)13-24(32)29-19-11-18(9-15)12-21(35-4)25(19)28/h6-8,10-12,17,20,22-23,31,34H,9,13-14H2,1-5H3,(H,29,32)(H,30,33). The summed E-state index contributed by atoms with van der Waals surface area (Å²) in [7, 11) is 2.95. The van der Waals surface area contributed by atoms with E-state index in [4.69, 9.17) is 25.8 Å². The SMILES string of the molecule is COc1cc2cc(c1Cl)NC(=O)CC(O)C(C)=CC(C)C1CC(O)(NC(=O)O1)C(OC)C=CC=C(C)C2. The normalized spacial score (nSPS) is 29.4. The number of rotatable bonds is 2. The van der Waals surface area contributed by atoms with Crippen molar-refractivity contribution in [3.05, 3.63) is 58.2 Å². The second-order valence-corrected chi connectivity index (χ2v) is 10.0. The number of hydrogen-bond donors (Lipinski definition) is 4. The first-order valence-corrected chi connectivity index (χ1v) is 12.4. The van der Waals surface area contributed by atoms with E-state index in [-0.39, 0.29) is 23.8 Å². The molecule has 2 heterocycles. The van der Waals surface area contributed by atoms with Crippen molar-refractivity contribution in [2.45, 2.75) is 64.1 Å². The number of nitrogens with one attached hydrogen (secondary N) is 2. The number of alkyl carbamates (subject to hydrolysis) is 1. The lowest BCUT2D eigenvalue weighted by molar-refractivity contribution is -0.138. The summed E-state index contributed by atoms with van der Waals surface area (Å²) in [5.74, 6) is -0.372. The van der Waals surface area contributed by atoms with Crippen molar-refractivity contribution in [1.29, 1.82) is 0 Å². The molecule has 3 rings (SSSR count). The van der Waals surface area contributed by atoms with Crippen LogP contribution in [0.3, 0.4) is 0 Å². The summed E-state index contributed by atoms with van der Waals surface area (Å²) in [4.78, 5) is 25.1. The molecule has 2 amide bonds. The third-order valence-corrected chi connectivity index (χ3v) is 6.96. The molecule has 10 heteroatoms. The average Bonchev–Trinajstić information content (AvgIpc) is 2.82. The molecule has 5 unspecified atom stereocenters. The molecular weight excluding hydrogens is 500 g/mol. The monoisotopic (exact) mass is 534 g/mol. The molecule has 0 aliphatic carbocycles. The van der Waals surface area contributed by atoms with Gasteiger partial charge in [-0.3, -0.25) is 10.1 Å². The Morgan fingerprint density at radius 2 is 1.95 bits per heavy atom. The van der Waals surface area contributed by atoms with Gasteiger partial charge in [-0.25, -0.2) is 4.79 Å². The molecule has 5 atom stereocenters. The second-order valence-electron chi connectivity index (χ2n) is 9.63. The summed E-state index contributed by atoms with van der Waals surface area (Å²) in [6, 6.07) is 3.56. The Hall–Kier alpha value is -2.85. The third kappa shape index (κ3) is 7.13. The predicted octanol–water partition coefficient (Wildman–Crippen LogP) is 3.88. The van der Waals surface area contributed by atoms with Crippen molar-refractivity contribution in [2.24, 2.45) is 5.92 Å². The number of halogens is 1. The minimum absolute atomic E-state index is 0.0515. The van der Waals surface area contributed by atoms with Crippen LogP contribution < -0.4 is 15.4 Å². The van der Waals surface area contributed by atoms with Crippen molar-refractivity contribution >= 4 is 29.3 Å². The molecule has 0 saturated carbocycles. The van der Waals surface area contributed by atoms with Crippen molar-refractivity contribution in [3.8, 4) is 5.75 Å². The quantitative estimate of drug-likeness (QED) is 0.424. The van der Waals surface area contributed by atoms with Gasteiger partial charge >= 0.3 is 6.09 Å². The summed E-state index contributed by atoms with van der Waals surface area (Å²) in [6.45, 7) is 5.43. The fourth-order valence-corrected chi connectivity index (χ4v) is 4.76. The van der Waals surface area contributed by atoms with Gasteiger partial charge in [-0.15, -0.1) is 0 Å². The molecule has 2 aliphatic rings. The maximum Gasteiger partial charge on any atom is 0.409 e. The first-order chi connectivity index (χ1) is 17.4. The van der Waals surface area contributed by atoms with Crippen molar-refractivity contribution in [2.75, 3.05) is 19.5 Å². The zero-order valence-corrected chi connectivity index (χ0v) is 22.5. The smallest absolute Gasteiger partial charge is 0.409 e. The summed E-state index contributed by atoms with van der Waals surface area (Å²) >= 11 is 6.44. The summed E-state index contributed by atoms with van der Waals surface area (Å²) in [6.07, 6.45) is 4.02. The highest BCUT2D eigenvalue weighted by atomic mass is 35.5. The van der Waals surface area contributed by atoms with E-state index < -0.39 is 36.0 Å². The van der Waals surface area contributed by atoms with E-state index >= 15 is 0 Å². The lowest BCUT2D eigenvalue weighted by atomic mass is 9.89. The van der Waals surface area contributed by atoms with Gasteiger partial charge in [-0.05, 0) is 43.5 Å². The topological polar surface area (TPSA) is 126 Å². The summed E-state index contributed by atoms with van der Waals surface area (Å²) in [5, 5.41) is 27.5. The third-order valence-electron chi connectivity index (χ3n) is 6.57. The van der Waals surface area contributed by atoms with Gasteiger partial charge in [0, 0.05) is 19.4 Å². The van der Waals surface area contributed by atoms with Gasteiger partial charge in [0.2, 0.25) is 5.91 Å². The van der Waals surface area contributed by atoms with Crippen molar-refractivity contribution in [1.82, 2.24) is 5.32 Å². The lowest BCUT2D eigenvalue weighted by Crippen LogP contribution is -2.63. The van der Waals surface area contributed by atoms with E-state index in [9.17, 15) is 19.8 Å². The van der Waals surface area contributed by atoms with Crippen molar-refractivity contribution < 1.29 is 34.0 Å². The molecule has 4 bridgehead atoms. The molecule has 1 aromatic rings. The van der Waals surface area contributed by atoms with Gasteiger partial charge in [0.15, 0.2) is 5.72 Å². The van der Waals surface area contributed by atoms with Gasteiger partial charge in [0.25, 0.3) is 0 Å². The Bertz CT molecular complexity index is 1120. The van der Waals surface area contributed by atoms with E-state index in [0.717, 1.165) is 11.1 Å². The number of benzene rings is 1. The second kappa shape index (κ2) is 12.1. The number of carbonyl (C=O) groups is 2. The van der Waals surface area contributed by atoms with Crippen LogP contribution in [0.15, 0.2) is 47.6 Å². The number of aliphatic hydroxyl groups is 2. The molecule has 202 valence electrons. The van der Waals surface area contributed by atoms with Crippen LogP contribution in [0.5, 0.6) is 5.75 Å². The highest BCUT2D eigenvalue weighted by Gasteiger charge is 2.46. The molecule has 1 saturated heterocycles. The van der Waals surface area contributed by atoms with E-state index in [1.165, 1.54) is 14.2 Å². The zero-order valence-electron chi connectivity index (χ0n) is 21.7. The van der Waals surface area contributed by atoms with Crippen molar-refractivity contribution in [3.63, 3.8) is 0 Å². The largest absolute Gasteiger partial charge is 0.495 e. The molecular formula is C27H35ClN2O7. The number of ether oxygens (including phenoxy) is 3. The maximum absolute atomic E-state index is 12.8. The highest BCUT2D eigenvalue weighted by Crippen LogP contribution is 2.35. The highest BCUT2D eigenvalue weighted by molar-refractivity contribution is 6.35. The van der Waals surface area contributed by atoms with Crippen LogP contribution in [0.25, 0.3) is 0 Å². The van der Waals surface area contributed by atoms with Gasteiger partial charge in [-0.1, -0.05) is 48.4 Å². The Kier molecular flexibility index (Phi) is 9.41. The van der Waals surface area contributed by atoms with Crippen LogP contribution in [0.1, 0.15) is 39.2 Å². The first kappa shape index (κ1) is 28.7.